The molecule has 0 saturated carbocycles. The van der Waals surface area contributed by atoms with E-state index < -0.39 is 6.03 Å². The summed E-state index contributed by atoms with van der Waals surface area (Å²) in [6, 6.07) is -0.495. The van der Waals surface area contributed by atoms with Crippen LogP contribution in [0.2, 0.25) is 0 Å². The zero-order valence-electron chi connectivity index (χ0n) is 3.39. The molecule has 0 aliphatic carbocycles. The minimum Gasteiger partial charge on any atom is -0.352 e. The molecule has 3 nitrogen and oxygen atoms in total. The van der Waals surface area contributed by atoms with Gasteiger partial charge in [-0.3, -0.25) is 0 Å². The second-order valence-electron chi connectivity index (χ2n) is 0.614. The van der Waals surface area contributed by atoms with Gasteiger partial charge in [0.2, 0.25) is 0 Å². The lowest BCUT2D eigenvalue weighted by atomic mass is 11.1. The van der Waals surface area contributed by atoms with E-state index in [9.17, 15) is 4.79 Å². The number of hydrogen-bond donors (Lipinski definition) is 2. The van der Waals surface area contributed by atoms with Crippen molar-refractivity contribution in [1.29, 1.82) is 0 Å². The van der Waals surface area contributed by atoms with Crippen LogP contribution < -0.4 is 11.1 Å². The maximum Gasteiger partial charge on any atom is 0.311 e. The molecule has 0 radical (unpaired) electrons. The van der Waals surface area contributed by atoms with E-state index in [1.807, 2.05) is 0 Å². The highest BCUT2D eigenvalue weighted by Crippen LogP contribution is 1.38. The molecule has 0 bridgehead atoms. The first-order chi connectivity index (χ1) is 2.27. The number of amides is 2. The Bertz CT molecular complexity index is 46.8. The number of halogens is 1. The maximum absolute atomic E-state index is 9.48. The van der Waals surface area contributed by atoms with Crippen molar-refractivity contribution in [3.63, 3.8) is 0 Å². The van der Waals surface area contributed by atoms with Crippen molar-refractivity contribution in [3.05, 3.63) is 0 Å². The van der Waals surface area contributed by atoms with Gasteiger partial charge in [0.25, 0.3) is 0 Å². The predicted molar refractivity (Wildman–Crippen MR) is 29.0 cm³/mol. The number of carbonyl (C=O) groups excluding carboxylic acids is 1. The first kappa shape index (κ1) is 9.23. The van der Waals surface area contributed by atoms with Gasteiger partial charge in [-0.15, -0.1) is 17.0 Å². The number of nitrogens with one attached hydrogen (secondary N) is 1. The molecule has 0 aromatic carbocycles. The predicted octanol–water partition coefficient (Wildman–Crippen LogP) is -0.138. The summed E-state index contributed by atoms with van der Waals surface area (Å²) in [5.74, 6) is 0. The van der Waals surface area contributed by atoms with E-state index in [4.69, 9.17) is 0 Å². The van der Waals surface area contributed by atoms with Gasteiger partial charge >= 0.3 is 6.03 Å². The minimum absolute atomic E-state index is 0. The van der Waals surface area contributed by atoms with E-state index in [-0.39, 0.29) is 17.0 Å². The van der Waals surface area contributed by atoms with Crippen molar-refractivity contribution in [2.24, 2.45) is 5.73 Å². The first-order valence-corrected chi connectivity index (χ1v) is 1.24. The molecule has 0 aliphatic rings. The Kier molecular flexibility index (Phi) is 7.30. The number of nitrogens with two attached hydrogens (primary N) is 1. The highest BCUT2D eigenvalue weighted by Gasteiger charge is 1.72. The van der Waals surface area contributed by atoms with Crippen LogP contribution in [0.3, 0.4) is 0 Å². The fourth-order valence-corrected chi connectivity index (χ4v) is 0. The van der Waals surface area contributed by atoms with Crippen LogP contribution in [0.1, 0.15) is 0 Å². The summed E-state index contributed by atoms with van der Waals surface area (Å²) in [6.45, 7) is 0. The average molecular weight is 155 g/mol. The summed E-state index contributed by atoms with van der Waals surface area (Å²) in [6.07, 6.45) is 0. The molecule has 0 aliphatic heterocycles. The lowest BCUT2D eigenvalue weighted by Gasteiger charge is -1.80. The molecule has 0 spiro atoms. The summed E-state index contributed by atoms with van der Waals surface area (Å²) in [4.78, 5) is 9.48. The van der Waals surface area contributed by atoms with Gasteiger partial charge in [-0.2, -0.15) is 0 Å². The second-order valence-corrected chi connectivity index (χ2v) is 0.614. The highest BCUT2D eigenvalue weighted by atomic mass is 79.9. The first-order valence-electron chi connectivity index (χ1n) is 1.24. The van der Waals surface area contributed by atoms with Crippen LogP contribution in [0.5, 0.6) is 0 Å². The van der Waals surface area contributed by atoms with Crippen LogP contribution in [0.4, 0.5) is 4.79 Å². The summed E-state index contributed by atoms with van der Waals surface area (Å²) >= 11 is 0. The maximum atomic E-state index is 9.48. The molecule has 0 fully saturated rings. The molecule has 0 rings (SSSR count). The molecule has 0 aromatic heterocycles. The Morgan fingerprint density at radius 1 is 1.83 bits per heavy atom. The van der Waals surface area contributed by atoms with E-state index in [1.165, 1.54) is 7.05 Å². The lowest BCUT2D eigenvalue weighted by molar-refractivity contribution is 0.251. The van der Waals surface area contributed by atoms with Crippen LogP contribution in [-0.2, 0) is 0 Å². The van der Waals surface area contributed by atoms with Crippen LogP contribution in [0.15, 0.2) is 0 Å². The van der Waals surface area contributed by atoms with Gasteiger partial charge in [0.1, 0.15) is 0 Å². The normalized spacial score (nSPS) is 5.50. The standard InChI is InChI=1S/C2H6N2O.BrH/c1-4-2(3)5;/h1H3,(H3,3,4,5);1H. The smallest absolute Gasteiger partial charge is 0.311 e. The molecule has 0 aromatic rings. The Morgan fingerprint density at radius 3 is 2.00 bits per heavy atom. The Hall–Kier alpha value is -0.250. The van der Waals surface area contributed by atoms with E-state index in [0.717, 1.165) is 0 Å². The number of rotatable bonds is 0. The molecule has 4 heteroatoms. The molecule has 2 amide bonds. The summed E-state index contributed by atoms with van der Waals surface area (Å²) in [7, 11) is 1.47. The van der Waals surface area contributed by atoms with Gasteiger partial charge in [0.15, 0.2) is 0 Å². The molecule has 38 valence electrons. The topological polar surface area (TPSA) is 55.1 Å². The largest absolute Gasteiger partial charge is 0.352 e. The van der Waals surface area contributed by atoms with Crippen molar-refractivity contribution in [3.8, 4) is 0 Å². The van der Waals surface area contributed by atoms with Gasteiger partial charge in [-0.05, 0) is 0 Å². The van der Waals surface area contributed by atoms with Gasteiger partial charge in [-0.1, -0.05) is 0 Å². The molecule has 0 heterocycles. The molecule has 3 N–H and O–H groups in total. The van der Waals surface area contributed by atoms with Crippen molar-refractivity contribution < 1.29 is 4.79 Å². The number of urea groups is 1. The Morgan fingerprint density at radius 2 is 2.00 bits per heavy atom. The van der Waals surface area contributed by atoms with E-state index in [2.05, 4.69) is 11.1 Å². The molecular formula is C2H7BrN2O. The van der Waals surface area contributed by atoms with E-state index in [0.29, 0.717) is 0 Å². The fraction of sp³-hybridized carbons (Fsp3) is 0.500. The molecule has 0 unspecified atom stereocenters. The van der Waals surface area contributed by atoms with Crippen LogP contribution in [0.25, 0.3) is 0 Å². The highest BCUT2D eigenvalue weighted by molar-refractivity contribution is 8.93. The van der Waals surface area contributed by atoms with Gasteiger partial charge in [0.05, 0.1) is 0 Å². The monoisotopic (exact) mass is 154 g/mol. The quantitative estimate of drug-likeness (QED) is 0.502. The van der Waals surface area contributed by atoms with E-state index in [1.54, 1.807) is 0 Å². The van der Waals surface area contributed by atoms with Crippen LogP contribution in [0, 0.1) is 0 Å². The van der Waals surface area contributed by atoms with E-state index >= 15 is 0 Å². The SMILES string of the molecule is Br.CNC(N)=O. The Labute approximate surface area is 46.7 Å². The number of hydrogen-bond acceptors (Lipinski definition) is 1. The number of primary amides is 1. The fourth-order valence-electron chi connectivity index (χ4n) is 0. The summed E-state index contributed by atoms with van der Waals surface area (Å²) in [5.41, 5.74) is 4.54. The van der Waals surface area contributed by atoms with Crippen molar-refractivity contribution >= 4 is 23.0 Å². The molecular weight excluding hydrogens is 148 g/mol. The van der Waals surface area contributed by atoms with Gasteiger partial charge in [-0.25, -0.2) is 4.79 Å². The summed E-state index contributed by atoms with van der Waals surface area (Å²) < 4.78 is 0. The third-order valence-electron chi connectivity index (χ3n) is 0.246. The second kappa shape index (κ2) is 4.75. The van der Waals surface area contributed by atoms with Crippen molar-refractivity contribution in [1.82, 2.24) is 5.32 Å². The molecule has 0 saturated heterocycles. The third-order valence-corrected chi connectivity index (χ3v) is 0.246. The molecule has 0 atom stereocenters. The van der Waals surface area contributed by atoms with Crippen LogP contribution >= 0.6 is 17.0 Å². The van der Waals surface area contributed by atoms with Crippen molar-refractivity contribution in [2.75, 3.05) is 7.05 Å². The number of carbonyl (C=O) groups is 1. The van der Waals surface area contributed by atoms with Gasteiger partial charge in [0, 0.05) is 7.05 Å². The van der Waals surface area contributed by atoms with Crippen molar-refractivity contribution in [2.45, 2.75) is 0 Å². The molecule has 6 heavy (non-hydrogen) atoms. The third kappa shape index (κ3) is 9.26. The lowest BCUT2D eigenvalue weighted by Crippen LogP contribution is -2.24. The average Bonchev–Trinajstić information content (AvgIpc) is 1.38. The minimum atomic E-state index is -0.495. The van der Waals surface area contributed by atoms with Crippen LogP contribution in [-0.4, -0.2) is 13.1 Å². The zero-order valence-corrected chi connectivity index (χ0v) is 5.11. The van der Waals surface area contributed by atoms with Gasteiger partial charge < -0.3 is 11.1 Å². The zero-order chi connectivity index (χ0) is 4.28. The summed E-state index contributed by atoms with van der Waals surface area (Å²) in [5, 5.41) is 2.17. The Balaban J connectivity index is 0.